The second-order valence-corrected chi connectivity index (χ2v) is 6.88. The summed E-state index contributed by atoms with van der Waals surface area (Å²) in [5.41, 5.74) is 0.498. The fraction of sp³-hybridized carbons (Fsp3) is 0.550. The number of hydrogen-bond donors (Lipinski definition) is 0. The first-order valence-electron chi connectivity index (χ1n) is 9.68. The predicted octanol–water partition coefficient (Wildman–Crippen LogP) is 0.898. The Labute approximate surface area is 165 Å². The zero-order chi connectivity index (χ0) is 20.1. The van der Waals surface area contributed by atoms with Crippen LogP contribution in [-0.4, -0.2) is 79.6 Å². The Balaban J connectivity index is 1.69. The minimum Gasteiger partial charge on any atom is -0.494 e. The van der Waals surface area contributed by atoms with Gasteiger partial charge in [0.1, 0.15) is 11.8 Å². The second kappa shape index (κ2) is 9.16. The van der Waals surface area contributed by atoms with Gasteiger partial charge < -0.3 is 14.4 Å². The molecule has 28 heavy (non-hydrogen) atoms. The number of imide groups is 1. The average Bonchev–Trinajstić information content (AvgIpc) is 2.98. The molecule has 0 aliphatic carbocycles. The zero-order valence-electron chi connectivity index (χ0n) is 16.4. The maximum Gasteiger partial charge on any atom is 0.257 e. The van der Waals surface area contributed by atoms with Crippen molar-refractivity contribution in [2.24, 2.45) is 0 Å². The van der Waals surface area contributed by atoms with Crippen molar-refractivity contribution >= 4 is 23.4 Å². The lowest BCUT2D eigenvalue weighted by molar-refractivity contribution is -0.136. The number of rotatable bonds is 7. The van der Waals surface area contributed by atoms with E-state index in [-0.39, 0.29) is 24.1 Å². The van der Waals surface area contributed by atoms with E-state index in [9.17, 15) is 14.4 Å². The van der Waals surface area contributed by atoms with Crippen molar-refractivity contribution < 1.29 is 23.9 Å². The Hall–Kier alpha value is -2.45. The van der Waals surface area contributed by atoms with E-state index in [1.54, 1.807) is 24.3 Å². The molecule has 1 unspecified atom stereocenters. The van der Waals surface area contributed by atoms with E-state index < -0.39 is 6.04 Å². The minimum absolute atomic E-state index is 0.00867. The Morgan fingerprint density at radius 2 is 1.89 bits per heavy atom. The van der Waals surface area contributed by atoms with Crippen molar-refractivity contribution in [1.29, 1.82) is 0 Å². The average molecular weight is 389 g/mol. The van der Waals surface area contributed by atoms with Crippen molar-refractivity contribution in [2.75, 3.05) is 50.9 Å². The standard InChI is InChI=1S/C20H27N3O5/c1-3-28-17-6-4-16(5-7-17)23-19(25)14-18(20(23)26)22(15(2)24)9-8-21-10-12-27-13-11-21/h4-7,18H,3,8-14H2,1-2H3. The van der Waals surface area contributed by atoms with Gasteiger partial charge in [-0.05, 0) is 31.2 Å². The number of ether oxygens (including phenoxy) is 2. The molecule has 0 N–H and O–H groups in total. The van der Waals surface area contributed by atoms with E-state index in [1.807, 2.05) is 6.92 Å². The fourth-order valence-electron chi connectivity index (χ4n) is 3.60. The lowest BCUT2D eigenvalue weighted by Crippen LogP contribution is -2.49. The van der Waals surface area contributed by atoms with E-state index in [2.05, 4.69) is 4.90 Å². The molecule has 152 valence electrons. The van der Waals surface area contributed by atoms with E-state index in [0.29, 0.717) is 44.3 Å². The van der Waals surface area contributed by atoms with Gasteiger partial charge in [-0.25, -0.2) is 4.90 Å². The normalized spacial score (nSPS) is 20.5. The van der Waals surface area contributed by atoms with Gasteiger partial charge in [0, 0.05) is 33.1 Å². The van der Waals surface area contributed by atoms with Crippen LogP contribution < -0.4 is 9.64 Å². The van der Waals surface area contributed by atoms with Crippen LogP contribution in [-0.2, 0) is 19.1 Å². The third-order valence-corrected chi connectivity index (χ3v) is 5.07. The summed E-state index contributed by atoms with van der Waals surface area (Å²) in [6, 6.07) is 6.09. The zero-order valence-corrected chi connectivity index (χ0v) is 16.4. The quantitative estimate of drug-likeness (QED) is 0.645. The van der Waals surface area contributed by atoms with Gasteiger partial charge >= 0.3 is 0 Å². The van der Waals surface area contributed by atoms with Crippen LogP contribution in [0.25, 0.3) is 0 Å². The summed E-state index contributed by atoms with van der Waals surface area (Å²) in [5.74, 6) is -0.172. The number of morpholine rings is 1. The lowest BCUT2D eigenvalue weighted by Gasteiger charge is -2.31. The molecule has 0 bridgehead atoms. The van der Waals surface area contributed by atoms with E-state index in [1.165, 1.54) is 16.7 Å². The van der Waals surface area contributed by atoms with Crippen LogP contribution >= 0.6 is 0 Å². The van der Waals surface area contributed by atoms with E-state index in [4.69, 9.17) is 9.47 Å². The highest BCUT2D eigenvalue weighted by Crippen LogP contribution is 2.27. The molecule has 2 aliphatic heterocycles. The molecular weight excluding hydrogens is 362 g/mol. The summed E-state index contributed by atoms with van der Waals surface area (Å²) in [4.78, 5) is 42.6. The Morgan fingerprint density at radius 3 is 2.50 bits per heavy atom. The van der Waals surface area contributed by atoms with Crippen LogP contribution in [0, 0.1) is 0 Å². The smallest absolute Gasteiger partial charge is 0.257 e. The van der Waals surface area contributed by atoms with Gasteiger partial charge in [-0.15, -0.1) is 0 Å². The van der Waals surface area contributed by atoms with Crippen LogP contribution in [0.3, 0.4) is 0 Å². The number of amides is 3. The number of anilines is 1. The first-order chi connectivity index (χ1) is 13.5. The van der Waals surface area contributed by atoms with Gasteiger partial charge in [-0.2, -0.15) is 0 Å². The predicted molar refractivity (Wildman–Crippen MR) is 103 cm³/mol. The van der Waals surface area contributed by atoms with Gasteiger partial charge in [0.2, 0.25) is 11.8 Å². The fourth-order valence-corrected chi connectivity index (χ4v) is 3.60. The number of nitrogens with zero attached hydrogens (tertiary/aromatic N) is 3. The molecular formula is C20H27N3O5. The van der Waals surface area contributed by atoms with E-state index >= 15 is 0 Å². The van der Waals surface area contributed by atoms with Crippen molar-refractivity contribution in [3.8, 4) is 5.75 Å². The molecule has 0 saturated carbocycles. The summed E-state index contributed by atoms with van der Waals surface area (Å²) in [5, 5.41) is 0. The topological polar surface area (TPSA) is 79.4 Å². The molecule has 0 spiro atoms. The molecule has 2 heterocycles. The van der Waals surface area contributed by atoms with E-state index in [0.717, 1.165) is 13.1 Å². The lowest BCUT2D eigenvalue weighted by atomic mass is 10.2. The first kappa shape index (κ1) is 20.3. The van der Waals surface area contributed by atoms with Gasteiger partial charge in [-0.1, -0.05) is 0 Å². The molecule has 8 nitrogen and oxygen atoms in total. The monoisotopic (exact) mass is 389 g/mol. The van der Waals surface area contributed by atoms with Gasteiger partial charge in [0.25, 0.3) is 5.91 Å². The molecule has 2 aliphatic rings. The molecule has 2 saturated heterocycles. The molecule has 3 amide bonds. The van der Waals surface area contributed by atoms with Crippen LogP contribution in [0.1, 0.15) is 20.3 Å². The molecule has 2 fully saturated rings. The summed E-state index contributed by atoms with van der Waals surface area (Å²) in [7, 11) is 0. The third kappa shape index (κ3) is 4.51. The summed E-state index contributed by atoms with van der Waals surface area (Å²) in [6.45, 7) is 7.90. The highest BCUT2D eigenvalue weighted by molar-refractivity contribution is 6.23. The Bertz CT molecular complexity index is 715. The number of hydrogen-bond acceptors (Lipinski definition) is 6. The van der Waals surface area contributed by atoms with Crippen molar-refractivity contribution in [3.05, 3.63) is 24.3 Å². The second-order valence-electron chi connectivity index (χ2n) is 6.88. The largest absolute Gasteiger partial charge is 0.494 e. The molecule has 8 heteroatoms. The third-order valence-electron chi connectivity index (χ3n) is 5.07. The molecule has 1 atom stereocenters. The molecule has 0 radical (unpaired) electrons. The number of benzene rings is 1. The highest BCUT2D eigenvalue weighted by Gasteiger charge is 2.43. The maximum absolute atomic E-state index is 13.0. The number of carbonyl (C=O) groups is 3. The van der Waals surface area contributed by atoms with Gasteiger partial charge in [0.15, 0.2) is 0 Å². The number of carbonyl (C=O) groups excluding carboxylic acids is 3. The molecule has 3 rings (SSSR count). The molecule has 1 aromatic rings. The summed E-state index contributed by atoms with van der Waals surface area (Å²) < 4.78 is 10.7. The van der Waals surface area contributed by atoms with Crippen LogP contribution in [0.15, 0.2) is 24.3 Å². The first-order valence-corrected chi connectivity index (χ1v) is 9.68. The van der Waals surface area contributed by atoms with Crippen LogP contribution in [0.2, 0.25) is 0 Å². The minimum atomic E-state index is -0.752. The van der Waals surface area contributed by atoms with Crippen molar-refractivity contribution in [3.63, 3.8) is 0 Å². The highest BCUT2D eigenvalue weighted by atomic mass is 16.5. The molecule has 1 aromatic carbocycles. The van der Waals surface area contributed by atoms with Crippen LogP contribution in [0.4, 0.5) is 5.69 Å². The maximum atomic E-state index is 13.0. The molecule has 0 aromatic heterocycles. The van der Waals surface area contributed by atoms with Gasteiger partial charge in [0.05, 0.1) is 31.9 Å². The van der Waals surface area contributed by atoms with Crippen molar-refractivity contribution in [1.82, 2.24) is 9.80 Å². The SMILES string of the molecule is CCOc1ccc(N2C(=O)CC(N(CCN3CCOCC3)C(C)=O)C2=O)cc1. The van der Waals surface area contributed by atoms with Crippen molar-refractivity contribution in [2.45, 2.75) is 26.3 Å². The Morgan fingerprint density at radius 1 is 1.21 bits per heavy atom. The Kier molecular flexibility index (Phi) is 6.64. The summed E-state index contributed by atoms with van der Waals surface area (Å²) in [6.07, 6.45) is 0.00867. The van der Waals surface area contributed by atoms with Crippen LogP contribution in [0.5, 0.6) is 5.75 Å². The van der Waals surface area contributed by atoms with Gasteiger partial charge in [-0.3, -0.25) is 19.3 Å². The summed E-state index contributed by atoms with van der Waals surface area (Å²) >= 11 is 0.